The van der Waals surface area contributed by atoms with Gasteiger partial charge in [0.05, 0.1) is 11.9 Å². The summed E-state index contributed by atoms with van der Waals surface area (Å²) in [6.45, 7) is 1.76. The number of aryl methyl sites for hydroxylation is 1. The molecule has 0 aliphatic carbocycles. The molecular formula is C22H19N5O3S. The largest absolute Gasteiger partial charge is 0.363 e. The van der Waals surface area contributed by atoms with E-state index in [9.17, 15) is 14.4 Å². The molecular weight excluding hydrogens is 414 g/mol. The smallest absolute Gasteiger partial charge is 0.287 e. The number of hydrogen-bond acceptors (Lipinski definition) is 6. The van der Waals surface area contributed by atoms with Gasteiger partial charge in [0.25, 0.3) is 11.8 Å². The van der Waals surface area contributed by atoms with Crippen molar-refractivity contribution < 1.29 is 14.4 Å². The van der Waals surface area contributed by atoms with Crippen molar-refractivity contribution in [2.75, 3.05) is 0 Å². The summed E-state index contributed by atoms with van der Waals surface area (Å²) >= 11 is 1.53. The third-order valence-corrected chi connectivity index (χ3v) is 5.95. The van der Waals surface area contributed by atoms with Crippen LogP contribution in [-0.4, -0.2) is 38.2 Å². The number of nitrogens with zero attached hydrogens (tertiary/aromatic N) is 3. The summed E-state index contributed by atoms with van der Waals surface area (Å²) in [4.78, 5) is 45.5. The molecule has 0 saturated carbocycles. The zero-order chi connectivity index (χ0) is 22.0. The average Bonchev–Trinajstić information content (AvgIpc) is 3.37. The predicted molar refractivity (Wildman–Crippen MR) is 117 cm³/mol. The summed E-state index contributed by atoms with van der Waals surface area (Å²) in [7, 11) is 0. The molecule has 1 aromatic carbocycles. The van der Waals surface area contributed by atoms with Crippen LogP contribution in [-0.2, 0) is 16.0 Å². The van der Waals surface area contributed by atoms with E-state index < -0.39 is 23.6 Å². The highest BCUT2D eigenvalue weighted by Gasteiger charge is 2.28. The lowest BCUT2D eigenvalue weighted by molar-refractivity contribution is -0.137. The minimum Gasteiger partial charge on any atom is -0.363 e. The minimum atomic E-state index is -1.09. The molecule has 3 heterocycles. The Morgan fingerprint density at radius 1 is 1.16 bits per heavy atom. The number of fused-ring (bicyclic) bond motifs is 1. The summed E-state index contributed by atoms with van der Waals surface area (Å²) in [5.74, 6) is -1.88. The van der Waals surface area contributed by atoms with E-state index in [1.165, 1.54) is 17.5 Å². The second kappa shape index (κ2) is 8.49. The molecule has 0 radical (unpaired) electrons. The molecule has 9 heteroatoms. The highest BCUT2D eigenvalue weighted by Crippen LogP contribution is 2.27. The fraction of sp³-hybridized carbons (Fsp3) is 0.136. The second-order valence-electron chi connectivity index (χ2n) is 6.95. The fourth-order valence-electron chi connectivity index (χ4n) is 3.45. The molecule has 0 aliphatic rings. The zero-order valence-electron chi connectivity index (χ0n) is 16.6. The molecule has 1 atom stereocenters. The Morgan fingerprint density at radius 3 is 2.65 bits per heavy atom. The summed E-state index contributed by atoms with van der Waals surface area (Å²) in [6, 6.07) is 10.1. The molecule has 3 aromatic heterocycles. The Hall–Kier alpha value is -3.85. The quantitative estimate of drug-likeness (QED) is 0.433. The number of rotatable bonds is 7. The Labute approximate surface area is 181 Å². The zero-order valence-corrected chi connectivity index (χ0v) is 17.4. The third kappa shape index (κ3) is 4.08. The van der Waals surface area contributed by atoms with Crippen LogP contribution in [0.4, 0.5) is 0 Å². The number of ketones is 1. The van der Waals surface area contributed by atoms with Gasteiger partial charge in [0, 0.05) is 23.5 Å². The van der Waals surface area contributed by atoms with Crippen molar-refractivity contribution in [2.45, 2.75) is 19.4 Å². The van der Waals surface area contributed by atoms with Crippen molar-refractivity contribution in [1.29, 1.82) is 0 Å². The first-order valence-electron chi connectivity index (χ1n) is 9.50. The van der Waals surface area contributed by atoms with E-state index >= 15 is 0 Å². The Kier molecular flexibility index (Phi) is 5.59. The van der Waals surface area contributed by atoms with Crippen LogP contribution in [0.15, 0.2) is 60.4 Å². The molecule has 0 bridgehead atoms. The van der Waals surface area contributed by atoms with Gasteiger partial charge in [0.2, 0.25) is 5.78 Å². The first-order chi connectivity index (χ1) is 15.0. The number of amides is 2. The average molecular weight is 433 g/mol. The van der Waals surface area contributed by atoms with Gasteiger partial charge in [-0.25, -0.2) is 4.98 Å². The SMILES string of the molecule is Cc1ncc(C(=O)NC(Cc2csc3ccccc23)C(=O)C(N)=O)n1-c1ccncc1. The Balaban J connectivity index is 1.65. The highest BCUT2D eigenvalue weighted by atomic mass is 32.1. The molecule has 0 saturated heterocycles. The number of hydrogen-bond donors (Lipinski definition) is 2. The number of nitrogens with one attached hydrogen (secondary N) is 1. The van der Waals surface area contributed by atoms with E-state index in [1.54, 1.807) is 36.0 Å². The van der Waals surface area contributed by atoms with Crippen LogP contribution in [0.1, 0.15) is 21.9 Å². The molecule has 2 amide bonds. The van der Waals surface area contributed by atoms with Crippen molar-refractivity contribution in [3.05, 3.63) is 77.5 Å². The van der Waals surface area contributed by atoms with Gasteiger partial charge in [0.1, 0.15) is 17.6 Å². The third-order valence-electron chi connectivity index (χ3n) is 4.94. The number of pyridine rings is 1. The Morgan fingerprint density at radius 2 is 1.90 bits per heavy atom. The van der Waals surface area contributed by atoms with Crippen LogP contribution in [0.3, 0.4) is 0 Å². The van der Waals surface area contributed by atoms with Crippen LogP contribution >= 0.6 is 11.3 Å². The highest BCUT2D eigenvalue weighted by molar-refractivity contribution is 7.17. The van der Waals surface area contributed by atoms with E-state index in [0.29, 0.717) is 11.5 Å². The number of Topliss-reactive ketones (excluding diaryl/α,β-unsaturated/α-hetero) is 1. The number of nitrogens with two attached hydrogens (primary N) is 1. The topological polar surface area (TPSA) is 120 Å². The molecule has 8 nitrogen and oxygen atoms in total. The number of carbonyl (C=O) groups is 3. The lowest BCUT2D eigenvalue weighted by Gasteiger charge is -2.17. The standard InChI is InChI=1S/C22H19N5O3S/c1-13-25-11-18(27(13)15-6-8-24-9-7-15)22(30)26-17(20(28)21(23)29)10-14-12-31-19-5-3-2-4-16(14)19/h2-9,11-12,17H,10H2,1H3,(H2,23,29)(H,26,30). The maximum absolute atomic E-state index is 13.1. The number of primary amides is 1. The summed E-state index contributed by atoms with van der Waals surface area (Å²) in [6.07, 6.45) is 4.80. The van der Waals surface area contributed by atoms with E-state index in [1.807, 2.05) is 29.6 Å². The molecule has 0 spiro atoms. The first kappa shape index (κ1) is 20.4. The molecule has 0 fully saturated rings. The fourth-order valence-corrected chi connectivity index (χ4v) is 4.42. The molecule has 3 N–H and O–H groups in total. The molecule has 1 unspecified atom stereocenters. The van der Waals surface area contributed by atoms with Crippen LogP contribution in [0.2, 0.25) is 0 Å². The summed E-state index contributed by atoms with van der Waals surface area (Å²) in [5.41, 5.74) is 7.06. The maximum Gasteiger partial charge on any atom is 0.287 e. The monoisotopic (exact) mass is 433 g/mol. The predicted octanol–water partition coefficient (Wildman–Crippen LogP) is 2.19. The van der Waals surface area contributed by atoms with Crippen molar-refractivity contribution in [1.82, 2.24) is 19.9 Å². The van der Waals surface area contributed by atoms with Gasteiger partial charge in [0.15, 0.2) is 0 Å². The van der Waals surface area contributed by atoms with Gasteiger partial charge in [-0.3, -0.25) is 23.9 Å². The van der Waals surface area contributed by atoms with Crippen LogP contribution < -0.4 is 11.1 Å². The van der Waals surface area contributed by atoms with E-state index in [-0.39, 0.29) is 12.1 Å². The number of aromatic nitrogens is 3. The number of carbonyl (C=O) groups excluding carboxylic acids is 3. The van der Waals surface area contributed by atoms with Gasteiger partial charge in [-0.05, 0) is 41.5 Å². The number of benzene rings is 1. The lowest BCUT2D eigenvalue weighted by Crippen LogP contribution is -2.47. The van der Waals surface area contributed by atoms with Gasteiger partial charge in [-0.1, -0.05) is 18.2 Å². The molecule has 31 heavy (non-hydrogen) atoms. The van der Waals surface area contributed by atoms with E-state index in [4.69, 9.17) is 5.73 Å². The van der Waals surface area contributed by atoms with Crippen molar-refractivity contribution in [3.63, 3.8) is 0 Å². The Bertz CT molecular complexity index is 1280. The second-order valence-corrected chi connectivity index (χ2v) is 7.86. The first-order valence-corrected chi connectivity index (χ1v) is 10.4. The van der Waals surface area contributed by atoms with Crippen LogP contribution in [0.5, 0.6) is 0 Å². The summed E-state index contributed by atoms with van der Waals surface area (Å²) in [5, 5.41) is 5.57. The van der Waals surface area contributed by atoms with Gasteiger partial charge < -0.3 is 11.1 Å². The van der Waals surface area contributed by atoms with Gasteiger partial charge >= 0.3 is 0 Å². The van der Waals surface area contributed by atoms with E-state index in [0.717, 1.165) is 15.6 Å². The number of imidazole rings is 1. The van der Waals surface area contributed by atoms with Crippen molar-refractivity contribution >= 4 is 39.0 Å². The van der Waals surface area contributed by atoms with E-state index in [2.05, 4.69) is 15.3 Å². The minimum absolute atomic E-state index is 0.153. The molecule has 4 aromatic rings. The van der Waals surface area contributed by atoms with Crippen LogP contribution in [0.25, 0.3) is 15.8 Å². The maximum atomic E-state index is 13.1. The molecule has 0 aliphatic heterocycles. The van der Waals surface area contributed by atoms with Gasteiger partial charge in [-0.15, -0.1) is 11.3 Å². The lowest BCUT2D eigenvalue weighted by atomic mass is 10.0. The number of thiophene rings is 1. The molecule has 4 rings (SSSR count). The van der Waals surface area contributed by atoms with Crippen LogP contribution in [0, 0.1) is 6.92 Å². The van der Waals surface area contributed by atoms with Crippen molar-refractivity contribution in [2.24, 2.45) is 5.73 Å². The summed E-state index contributed by atoms with van der Waals surface area (Å²) < 4.78 is 2.71. The normalized spacial score (nSPS) is 11.9. The molecule has 156 valence electrons. The van der Waals surface area contributed by atoms with Crippen molar-refractivity contribution in [3.8, 4) is 5.69 Å². The van der Waals surface area contributed by atoms with Gasteiger partial charge in [-0.2, -0.15) is 0 Å².